The minimum absolute atomic E-state index is 0.0320. The lowest BCUT2D eigenvalue weighted by Crippen LogP contribution is -2.40. The molecule has 0 atom stereocenters. The van der Waals surface area contributed by atoms with Gasteiger partial charge in [0.15, 0.2) is 11.6 Å². The molecule has 1 aliphatic rings. The molecule has 1 aliphatic heterocycles. The molecule has 1 saturated heterocycles. The number of benzene rings is 1. The molecule has 0 aliphatic carbocycles. The second kappa shape index (κ2) is 8.17. The highest BCUT2D eigenvalue weighted by Gasteiger charge is 2.24. The number of carbonyl (C=O) groups excluding carboxylic acids is 1. The van der Waals surface area contributed by atoms with Crippen molar-refractivity contribution in [3.8, 4) is 0 Å². The largest absolute Gasteiger partial charge is 0.342 e. The molecule has 0 bridgehead atoms. The number of hydrogen-bond donors (Lipinski definition) is 0. The summed E-state index contributed by atoms with van der Waals surface area (Å²) >= 11 is 5.70. The molecule has 27 heavy (non-hydrogen) atoms. The van der Waals surface area contributed by atoms with Crippen molar-refractivity contribution in [2.45, 2.75) is 25.7 Å². The number of aromatic nitrogens is 2. The molecule has 0 saturated carbocycles. The van der Waals surface area contributed by atoms with E-state index in [9.17, 15) is 18.4 Å². The van der Waals surface area contributed by atoms with Crippen LogP contribution in [0.4, 0.5) is 8.78 Å². The molecule has 0 spiro atoms. The Morgan fingerprint density at radius 2 is 1.96 bits per heavy atom. The Kier molecular flexibility index (Phi) is 5.89. The van der Waals surface area contributed by atoms with Gasteiger partial charge in [-0.15, -0.1) is 0 Å². The van der Waals surface area contributed by atoms with E-state index < -0.39 is 11.6 Å². The number of carbonyl (C=O) groups is 1. The van der Waals surface area contributed by atoms with Crippen molar-refractivity contribution in [2.75, 3.05) is 13.1 Å². The van der Waals surface area contributed by atoms with Gasteiger partial charge in [-0.25, -0.2) is 13.5 Å². The van der Waals surface area contributed by atoms with Gasteiger partial charge in [0.05, 0.1) is 17.1 Å². The molecule has 1 amide bonds. The van der Waals surface area contributed by atoms with Crippen LogP contribution < -0.4 is 5.56 Å². The van der Waals surface area contributed by atoms with Crippen molar-refractivity contribution in [3.63, 3.8) is 0 Å². The number of likely N-dealkylation sites (tertiary alicyclic amines) is 1. The van der Waals surface area contributed by atoms with E-state index in [1.807, 2.05) is 0 Å². The quantitative estimate of drug-likeness (QED) is 0.748. The molecule has 1 fully saturated rings. The summed E-state index contributed by atoms with van der Waals surface area (Å²) in [7, 11) is 1.55. The molecule has 144 valence electrons. The summed E-state index contributed by atoms with van der Waals surface area (Å²) < 4.78 is 28.0. The van der Waals surface area contributed by atoms with Crippen LogP contribution in [0.15, 0.2) is 29.1 Å². The summed E-state index contributed by atoms with van der Waals surface area (Å²) in [4.78, 5) is 25.6. The lowest BCUT2D eigenvalue weighted by atomic mass is 9.90. The van der Waals surface area contributed by atoms with Gasteiger partial charge >= 0.3 is 0 Å². The molecule has 0 unspecified atom stereocenters. The predicted octanol–water partition coefficient (Wildman–Crippen LogP) is 2.74. The third-order valence-corrected chi connectivity index (χ3v) is 5.16. The van der Waals surface area contributed by atoms with Crippen LogP contribution >= 0.6 is 11.6 Å². The SMILES string of the molecule is Cn1nc(CC(=O)N2CCC(Cc3cc(F)c(F)c(Cl)c3)CC2)ccc1=O. The summed E-state index contributed by atoms with van der Waals surface area (Å²) in [6.07, 6.45) is 2.31. The normalized spacial score (nSPS) is 15.2. The predicted molar refractivity (Wildman–Crippen MR) is 97.6 cm³/mol. The minimum atomic E-state index is -1.02. The summed E-state index contributed by atoms with van der Waals surface area (Å²) in [6.45, 7) is 1.21. The zero-order valence-electron chi connectivity index (χ0n) is 14.9. The van der Waals surface area contributed by atoms with Crippen molar-refractivity contribution in [2.24, 2.45) is 13.0 Å². The highest BCUT2D eigenvalue weighted by Crippen LogP contribution is 2.26. The van der Waals surface area contributed by atoms with E-state index in [1.165, 1.54) is 22.9 Å². The zero-order valence-corrected chi connectivity index (χ0v) is 15.7. The fourth-order valence-corrected chi connectivity index (χ4v) is 3.59. The van der Waals surface area contributed by atoms with E-state index in [-0.39, 0.29) is 28.8 Å². The highest BCUT2D eigenvalue weighted by atomic mass is 35.5. The maximum Gasteiger partial charge on any atom is 0.266 e. The second-order valence-corrected chi connectivity index (χ2v) is 7.27. The number of halogens is 3. The van der Waals surface area contributed by atoms with Crippen LogP contribution in [0.3, 0.4) is 0 Å². The van der Waals surface area contributed by atoms with Crippen LogP contribution in [0.1, 0.15) is 24.1 Å². The summed E-state index contributed by atoms with van der Waals surface area (Å²) in [5.74, 6) is -1.70. The second-order valence-electron chi connectivity index (χ2n) is 6.87. The number of rotatable bonds is 4. The summed E-state index contributed by atoms with van der Waals surface area (Å²) in [5, 5.41) is 3.87. The van der Waals surface area contributed by atoms with Crippen LogP contribution in [0.5, 0.6) is 0 Å². The molecule has 1 aromatic carbocycles. The first-order chi connectivity index (χ1) is 12.8. The molecule has 5 nitrogen and oxygen atoms in total. The van der Waals surface area contributed by atoms with E-state index in [0.717, 1.165) is 12.8 Å². The molecule has 3 rings (SSSR count). The molecule has 1 aromatic heterocycles. The van der Waals surface area contributed by atoms with Gasteiger partial charge in [-0.2, -0.15) is 5.10 Å². The molecule has 0 N–H and O–H groups in total. The third-order valence-electron chi connectivity index (χ3n) is 4.88. The molecule has 8 heteroatoms. The van der Waals surface area contributed by atoms with Gasteiger partial charge in [0.1, 0.15) is 0 Å². The number of aryl methyl sites for hydroxylation is 1. The Bertz CT molecular complexity index is 885. The van der Waals surface area contributed by atoms with Gasteiger partial charge in [-0.1, -0.05) is 11.6 Å². The average molecular weight is 396 g/mol. The number of hydrogen-bond acceptors (Lipinski definition) is 3. The van der Waals surface area contributed by atoms with Crippen LogP contribution in [0, 0.1) is 17.6 Å². The maximum absolute atomic E-state index is 13.5. The van der Waals surface area contributed by atoms with E-state index in [0.29, 0.717) is 30.8 Å². The first kappa shape index (κ1) is 19.5. The van der Waals surface area contributed by atoms with Gasteiger partial charge in [-0.05, 0) is 48.9 Å². The molecular weight excluding hydrogens is 376 g/mol. The smallest absolute Gasteiger partial charge is 0.266 e. The van der Waals surface area contributed by atoms with E-state index in [1.54, 1.807) is 18.0 Å². The van der Waals surface area contributed by atoms with Crippen LogP contribution in [-0.4, -0.2) is 33.7 Å². The van der Waals surface area contributed by atoms with Gasteiger partial charge < -0.3 is 4.90 Å². The standard InChI is InChI=1S/C19H20ClF2N3O2/c1-24-17(26)3-2-14(23-24)11-18(27)25-6-4-12(5-7-25)8-13-9-15(20)19(22)16(21)10-13/h2-3,9-10,12H,4-8,11H2,1H3. The number of piperidine rings is 1. The molecule has 2 heterocycles. The minimum Gasteiger partial charge on any atom is -0.342 e. The average Bonchev–Trinajstić information content (AvgIpc) is 2.63. The summed E-state index contributed by atoms with van der Waals surface area (Å²) in [5.41, 5.74) is 1.00. The van der Waals surface area contributed by atoms with E-state index in [4.69, 9.17) is 11.6 Å². The zero-order chi connectivity index (χ0) is 19.6. The first-order valence-corrected chi connectivity index (χ1v) is 9.15. The Labute approximate surface area is 160 Å². The van der Waals surface area contributed by atoms with Gasteiger partial charge in [-0.3, -0.25) is 9.59 Å². The lowest BCUT2D eigenvalue weighted by molar-refractivity contribution is -0.131. The molecule has 2 aromatic rings. The summed E-state index contributed by atoms with van der Waals surface area (Å²) in [6, 6.07) is 5.61. The van der Waals surface area contributed by atoms with E-state index in [2.05, 4.69) is 5.10 Å². The topological polar surface area (TPSA) is 55.2 Å². The van der Waals surface area contributed by atoms with Crippen molar-refractivity contribution in [1.29, 1.82) is 0 Å². The highest BCUT2D eigenvalue weighted by molar-refractivity contribution is 6.30. The van der Waals surface area contributed by atoms with Crippen molar-refractivity contribution in [1.82, 2.24) is 14.7 Å². The Hall–Kier alpha value is -2.28. The fourth-order valence-electron chi connectivity index (χ4n) is 3.36. The van der Waals surface area contributed by atoms with Gasteiger partial charge in [0.25, 0.3) is 5.56 Å². The lowest BCUT2D eigenvalue weighted by Gasteiger charge is -2.32. The Balaban J connectivity index is 1.54. The Morgan fingerprint density at radius 3 is 2.59 bits per heavy atom. The van der Waals surface area contributed by atoms with E-state index >= 15 is 0 Å². The maximum atomic E-state index is 13.5. The van der Waals surface area contributed by atoms with Crippen LogP contribution in [0.25, 0.3) is 0 Å². The first-order valence-electron chi connectivity index (χ1n) is 8.78. The molecular formula is C19H20ClF2N3O2. The molecule has 0 radical (unpaired) electrons. The van der Waals surface area contributed by atoms with Crippen molar-refractivity contribution in [3.05, 3.63) is 62.5 Å². The van der Waals surface area contributed by atoms with Gasteiger partial charge in [0.2, 0.25) is 5.91 Å². The van der Waals surface area contributed by atoms with Crippen LogP contribution in [0.2, 0.25) is 5.02 Å². The van der Waals surface area contributed by atoms with Crippen molar-refractivity contribution < 1.29 is 13.6 Å². The van der Waals surface area contributed by atoms with Crippen molar-refractivity contribution >= 4 is 17.5 Å². The monoisotopic (exact) mass is 395 g/mol. The van der Waals surface area contributed by atoms with Crippen LogP contribution in [-0.2, 0) is 24.7 Å². The van der Waals surface area contributed by atoms with Gasteiger partial charge in [0, 0.05) is 26.2 Å². The number of nitrogens with zero attached hydrogens (tertiary/aromatic N) is 3. The fraction of sp³-hybridized carbons (Fsp3) is 0.421. The number of amides is 1. The third kappa shape index (κ3) is 4.71. The Morgan fingerprint density at radius 1 is 1.26 bits per heavy atom.